The Balaban J connectivity index is 2.11. The van der Waals surface area contributed by atoms with Crippen molar-refractivity contribution in [3.63, 3.8) is 0 Å². The quantitative estimate of drug-likeness (QED) is 0.0614. The second-order valence-corrected chi connectivity index (χ2v) is 12.9. The number of esters is 5. The normalized spacial score (nSPS) is 14.2. The molecule has 0 amide bonds. The van der Waals surface area contributed by atoms with Crippen molar-refractivity contribution in [2.45, 2.75) is 156 Å². The van der Waals surface area contributed by atoms with Crippen molar-refractivity contribution in [1.29, 1.82) is 0 Å². The molecule has 280 valence electrons. The average Bonchev–Trinajstić information content (AvgIpc) is 3.73. The number of hydrogen-bond acceptors (Lipinski definition) is 14. The Kier molecular flexibility index (Phi) is 18.9. The zero-order chi connectivity index (χ0) is 37.1. The summed E-state index contributed by atoms with van der Waals surface area (Å²) < 4.78 is 38.4. The third-order valence-electron chi connectivity index (χ3n) is 7.77. The minimum atomic E-state index is -1.26. The molecule has 2 rings (SSSR count). The molecule has 0 fully saturated rings. The molecule has 0 N–H and O–H groups in total. The third kappa shape index (κ3) is 16.4. The molecule has 0 saturated carbocycles. The maximum Gasteiger partial charge on any atom is 0.307 e. The molecule has 0 aromatic carbocycles. The number of ether oxygens (including phenoxy) is 5. The minimum Gasteiger partial charge on any atom is -0.459 e. The molecule has 0 aliphatic heterocycles. The van der Waals surface area contributed by atoms with Crippen LogP contribution in [0.3, 0.4) is 0 Å². The molecule has 2 aromatic heterocycles. The summed E-state index contributed by atoms with van der Waals surface area (Å²) in [6.45, 7) is 10.6. The van der Waals surface area contributed by atoms with Gasteiger partial charge in [0, 0.05) is 40.5 Å². The second-order valence-electron chi connectivity index (χ2n) is 12.9. The fourth-order valence-corrected chi connectivity index (χ4v) is 5.50. The van der Waals surface area contributed by atoms with Gasteiger partial charge in [0.15, 0.2) is 24.4 Å². The molecule has 14 nitrogen and oxygen atoms in total. The van der Waals surface area contributed by atoms with Crippen LogP contribution in [-0.4, -0.2) is 58.1 Å². The lowest BCUT2D eigenvalue weighted by molar-refractivity contribution is -0.185. The topological polar surface area (TPSA) is 184 Å². The monoisotopic (exact) mass is 706 g/mol. The fourth-order valence-electron chi connectivity index (χ4n) is 5.50. The van der Waals surface area contributed by atoms with Gasteiger partial charge in [0.2, 0.25) is 12.0 Å². The van der Waals surface area contributed by atoms with Gasteiger partial charge < -0.3 is 32.5 Å². The van der Waals surface area contributed by atoms with E-state index in [9.17, 15) is 24.0 Å². The third-order valence-corrected chi connectivity index (χ3v) is 7.77. The van der Waals surface area contributed by atoms with Crippen LogP contribution in [0.25, 0.3) is 0 Å². The van der Waals surface area contributed by atoms with E-state index in [1.807, 2.05) is 0 Å². The van der Waals surface area contributed by atoms with E-state index in [1.54, 1.807) is 0 Å². The highest BCUT2D eigenvalue weighted by molar-refractivity contribution is 5.70. The number of nitrogens with zero attached hydrogens (tertiary/aromatic N) is 2. The predicted molar refractivity (Wildman–Crippen MR) is 178 cm³/mol. The highest BCUT2D eigenvalue weighted by Crippen LogP contribution is 2.32. The zero-order valence-corrected chi connectivity index (χ0v) is 30.5. The van der Waals surface area contributed by atoms with Crippen LogP contribution < -0.4 is 0 Å². The standard InChI is InChI=1S/C36H54N2O12/c1-23(2)17-15-13-11-9-8-10-12-14-16-18-33(43)50-35(32-20-37-22-45-32)36-38-29(21-44-36)30(47-26(5)40)19-31(48-27(6)41)34(49-28(7)42)24(3)46-25(4)39/h20-24,30-31,34-35H,8-19H2,1-7H3. The summed E-state index contributed by atoms with van der Waals surface area (Å²) in [6.07, 6.45) is 9.05. The molecule has 50 heavy (non-hydrogen) atoms. The first-order valence-electron chi connectivity index (χ1n) is 17.5. The van der Waals surface area contributed by atoms with Gasteiger partial charge in [-0.25, -0.2) is 9.97 Å². The van der Waals surface area contributed by atoms with E-state index in [1.165, 1.54) is 78.1 Å². The molecule has 0 radical (unpaired) electrons. The van der Waals surface area contributed by atoms with Crippen molar-refractivity contribution < 1.29 is 56.5 Å². The summed E-state index contributed by atoms with van der Waals surface area (Å²) in [5.74, 6) is -2.44. The highest BCUT2D eigenvalue weighted by atomic mass is 16.6. The van der Waals surface area contributed by atoms with Crippen LogP contribution in [0.4, 0.5) is 0 Å². The first-order valence-corrected chi connectivity index (χ1v) is 17.5. The molecule has 0 saturated heterocycles. The first-order chi connectivity index (χ1) is 23.8. The largest absolute Gasteiger partial charge is 0.459 e. The molecule has 0 bridgehead atoms. The average molecular weight is 707 g/mol. The molecule has 14 heteroatoms. The molecule has 2 heterocycles. The molecule has 5 unspecified atom stereocenters. The Morgan fingerprint density at radius 3 is 1.82 bits per heavy atom. The van der Waals surface area contributed by atoms with Gasteiger partial charge in [-0.2, -0.15) is 0 Å². The Morgan fingerprint density at radius 2 is 1.28 bits per heavy atom. The number of carbonyl (C=O) groups excluding carboxylic acids is 5. The lowest BCUT2D eigenvalue weighted by Crippen LogP contribution is -2.44. The van der Waals surface area contributed by atoms with E-state index in [2.05, 4.69) is 23.8 Å². The highest BCUT2D eigenvalue weighted by Gasteiger charge is 2.38. The Morgan fingerprint density at radius 1 is 0.700 bits per heavy atom. The van der Waals surface area contributed by atoms with Crippen LogP contribution in [0, 0.1) is 5.92 Å². The number of carbonyl (C=O) groups is 5. The summed E-state index contributed by atoms with van der Waals surface area (Å²) in [4.78, 5) is 69.1. The van der Waals surface area contributed by atoms with Gasteiger partial charge in [-0.05, 0) is 19.3 Å². The van der Waals surface area contributed by atoms with Gasteiger partial charge in [0.1, 0.15) is 24.2 Å². The van der Waals surface area contributed by atoms with Gasteiger partial charge in [0.05, 0.1) is 6.20 Å². The molecule has 0 spiro atoms. The second kappa shape index (κ2) is 22.5. The molecular formula is C36H54N2O12. The van der Waals surface area contributed by atoms with E-state index < -0.39 is 60.4 Å². The van der Waals surface area contributed by atoms with Crippen molar-refractivity contribution in [2.75, 3.05) is 0 Å². The first kappa shape index (κ1) is 41.9. The van der Waals surface area contributed by atoms with Crippen molar-refractivity contribution in [3.05, 3.63) is 36.2 Å². The minimum absolute atomic E-state index is 0.0783. The summed E-state index contributed by atoms with van der Waals surface area (Å²) in [5.41, 5.74) is 0.0783. The van der Waals surface area contributed by atoms with Crippen LogP contribution in [0.5, 0.6) is 0 Å². The van der Waals surface area contributed by atoms with Crippen molar-refractivity contribution in [2.24, 2.45) is 5.92 Å². The molecule has 0 aliphatic rings. The van der Waals surface area contributed by atoms with E-state index in [0.29, 0.717) is 6.42 Å². The maximum absolute atomic E-state index is 12.9. The fraction of sp³-hybridized carbons (Fsp3) is 0.694. The van der Waals surface area contributed by atoms with Gasteiger partial charge in [-0.3, -0.25) is 24.0 Å². The van der Waals surface area contributed by atoms with Gasteiger partial charge in [0.25, 0.3) is 0 Å². The van der Waals surface area contributed by atoms with E-state index in [-0.39, 0.29) is 30.2 Å². The summed E-state index contributed by atoms with van der Waals surface area (Å²) in [5, 5.41) is 0. The molecular weight excluding hydrogens is 652 g/mol. The van der Waals surface area contributed by atoms with Crippen molar-refractivity contribution >= 4 is 29.8 Å². The molecule has 2 aromatic rings. The molecule has 5 atom stereocenters. The van der Waals surface area contributed by atoms with E-state index in [4.69, 9.17) is 32.5 Å². The summed E-state index contributed by atoms with van der Waals surface area (Å²) >= 11 is 0. The lowest BCUT2D eigenvalue weighted by atomic mass is 10.0. The smallest absolute Gasteiger partial charge is 0.307 e. The van der Waals surface area contributed by atoms with Crippen molar-refractivity contribution in [3.8, 4) is 0 Å². The maximum atomic E-state index is 12.9. The number of unbranched alkanes of at least 4 members (excludes halogenated alkanes) is 8. The zero-order valence-electron chi connectivity index (χ0n) is 30.5. The van der Waals surface area contributed by atoms with Gasteiger partial charge >= 0.3 is 29.8 Å². The van der Waals surface area contributed by atoms with Crippen LogP contribution in [0.2, 0.25) is 0 Å². The summed E-state index contributed by atoms with van der Waals surface area (Å²) in [7, 11) is 0. The van der Waals surface area contributed by atoms with Gasteiger partial charge in [-0.1, -0.05) is 71.6 Å². The Labute approximate surface area is 294 Å². The summed E-state index contributed by atoms with van der Waals surface area (Å²) in [6, 6.07) is 0. The predicted octanol–water partition coefficient (Wildman–Crippen LogP) is 7.05. The molecule has 0 aliphatic carbocycles. The Hall–Kier alpha value is -4.23. The number of oxazole rings is 2. The van der Waals surface area contributed by atoms with Crippen LogP contribution in [0.15, 0.2) is 27.7 Å². The van der Waals surface area contributed by atoms with E-state index >= 15 is 0 Å². The van der Waals surface area contributed by atoms with Crippen LogP contribution >= 0.6 is 0 Å². The van der Waals surface area contributed by atoms with Crippen molar-refractivity contribution in [1.82, 2.24) is 9.97 Å². The van der Waals surface area contributed by atoms with Crippen LogP contribution in [-0.2, 0) is 47.7 Å². The number of aromatic nitrogens is 2. The van der Waals surface area contributed by atoms with Gasteiger partial charge in [-0.15, -0.1) is 0 Å². The SMILES string of the molecule is CC(=O)OC(CC(OC(C)=O)C(OC(C)=O)C(C)OC(C)=O)c1coc(C(OC(=O)CCCCCCCCCCCC(C)C)c2cnco2)n1. The number of hydrogen-bond donors (Lipinski definition) is 0. The van der Waals surface area contributed by atoms with E-state index in [0.717, 1.165) is 39.0 Å². The lowest BCUT2D eigenvalue weighted by Gasteiger charge is -2.31. The number of rotatable bonds is 24. The Bertz CT molecular complexity index is 1320. The van der Waals surface area contributed by atoms with Crippen LogP contribution in [0.1, 0.15) is 155 Å².